The van der Waals surface area contributed by atoms with Crippen molar-refractivity contribution in [2.75, 3.05) is 0 Å². The summed E-state index contributed by atoms with van der Waals surface area (Å²) in [6, 6.07) is 23.2. The van der Waals surface area contributed by atoms with Gasteiger partial charge in [-0.3, -0.25) is 0 Å². The second-order valence-electron chi connectivity index (χ2n) is 12.8. The summed E-state index contributed by atoms with van der Waals surface area (Å²) in [6.07, 6.45) is 5.80. The molecule has 0 N–H and O–H groups in total. The zero-order chi connectivity index (χ0) is 37.6. The molecule has 0 bridgehead atoms. The lowest BCUT2D eigenvalue weighted by Crippen LogP contribution is -2.15. The minimum Gasteiger partial charge on any atom is -0.487 e. The van der Waals surface area contributed by atoms with Crippen LogP contribution in [0.2, 0.25) is 0 Å². The average molecular weight is 918 g/mol. The summed E-state index contributed by atoms with van der Waals surface area (Å²) in [7, 11) is 0. The van der Waals surface area contributed by atoms with Crippen LogP contribution in [0.15, 0.2) is 105 Å². The van der Waals surface area contributed by atoms with Crippen LogP contribution in [0.5, 0.6) is 17.2 Å². The Morgan fingerprint density at radius 1 is 0.426 bits per heavy atom. The van der Waals surface area contributed by atoms with Crippen LogP contribution in [0.3, 0.4) is 0 Å². The Balaban J connectivity index is 1.13. The lowest BCUT2D eigenvalue weighted by molar-refractivity contribution is 0.301. The number of hydrogen-bond donors (Lipinski definition) is 0. The number of benzene rings is 4. The van der Waals surface area contributed by atoms with Gasteiger partial charge >= 0.3 is 0 Å². The molecule has 0 amide bonds. The molecule has 0 unspecified atom stereocenters. The molecule has 0 aliphatic rings. The van der Waals surface area contributed by atoms with Gasteiger partial charge < -0.3 is 14.2 Å². The van der Waals surface area contributed by atoms with E-state index in [4.69, 9.17) is 14.2 Å². The van der Waals surface area contributed by atoms with Crippen LogP contribution in [0.25, 0.3) is 0 Å². The molecule has 54 heavy (non-hydrogen) atoms. The molecule has 12 nitrogen and oxygen atoms in total. The van der Waals surface area contributed by atoms with Gasteiger partial charge in [-0.2, -0.15) is 0 Å². The second kappa shape index (κ2) is 17.1. The van der Waals surface area contributed by atoms with Crippen molar-refractivity contribution < 1.29 is 14.2 Å². The van der Waals surface area contributed by atoms with Crippen LogP contribution >= 0.6 is 47.8 Å². The predicted octanol–water partition coefficient (Wildman–Crippen LogP) is 8.56. The highest BCUT2D eigenvalue weighted by Crippen LogP contribution is 2.30. The molecule has 3 heterocycles. The van der Waals surface area contributed by atoms with Crippen LogP contribution in [-0.2, 0) is 39.5 Å². The quantitative estimate of drug-likeness (QED) is 0.0997. The number of rotatable bonds is 15. The summed E-state index contributed by atoms with van der Waals surface area (Å²) in [6.45, 7) is 8.97. The molecule has 0 aliphatic heterocycles. The van der Waals surface area contributed by atoms with Gasteiger partial charge in [-0.1, -0.05) is 63.4 Å². The lowest BCUT2D eigenvalue weighted by atomic mass is 9.88. The van der Waals surface area contributed by atoms with Crippen molar-refractivity contribution in [2.24, 2.45) is 0 Å². The van der Waals surface area contributed by atoms with E-state index in [9.17, 15) is 0 Å². The van der Waals surface area contributed by atoms with Gasteiger partial charge in [-0.25, -0.2) is 14.0 Å². The molecule has 0 saturated heterocycles. The van der Waals surface area contributed by atoms with Crippen molar-refractivity contribution >= 4 is 47.8 Å². The molecule has 0 saturated carbocycles. The maximum atomic E-state index is 5.95. The summed E-state index contributed by atoms with van der Waals surface area (Å²) < 4.78 is 26.4. The Bertz CT molecular complexity index is 2060. The number of hydrogen-bond acceptors (Lipinski definition) is 9. The summed E-state index contributed by atoms with van der Waals surface area (Å²) in [5.41, 5.74) is 9.12. The zero-order valence-electron chi connectivity index (χ0n) is 29.8. The van der Waals surface area contributed by atoms with Crippen molar-refractivity contribution in [2.45, 2.75) is 60.2 Å². The van der Waals surface area contributed by atoms with E-state index in [1.807, 2.05) is 105 Å². The maximum Gasteiger partial charge on any atom is 0.134 e. The third-order valence-corrected chi connectivity index (χ3v) is 10.6. The van der Waals surface area contributed by atoms with Gasteiger partial charge in [0, 0.05) is 13.4 Å². The van der Waals surface area contributed by atoms with Crippen LogP contribution in [0.1, 0.15) is 50.5 Å². The van der Waals surface area contributed by atoms with E-state index in [0.717, 1.165) is 81.1 Å². The van der Waals surface area contributed by atoms with Crippen LogP contribution < -0.4 is 14.2 Å². The molecule has 4 aromatic carbocycles. The standard InChI is InChI=1S/C39H36Br3N9O3/c1-25-37(19-49-16-31(43-46-49)22-52-34-10-4-28(40)5-11-34)26(2)39(21-51-18-33(45-48-51)24-54-36-14-8-30(42)9-15-36)27(3)38(25)20-50-17-32(44-47-50)23-53-35-12-6-29(41)7-13-35/h4-18H,19-24H2,1-3H3. The van der Waals surface area contributed by atoms with Gasteiger partial charge in [-0.15, -0.1) is 15.3 Å². The zero-order valence-corrected chi connectivity index (χ0v) is 34.5. The molecule has 0 fully saturated rings. The van der Waals surface area contributed by atoms with Crippen molar-refractivity contribution in [3.05, 3.63) is 155 Å². The highest BCUT2D eigenvalue weighted by atomic mass is 79.9. The normalized spacial score (nSPS) is 11.2. The molecule has 15 heteroatoms. The van der Waals surface area contributed by atoms with E-state index in [2.05, 4.69) is 99.5 Å². The summed E-state index contributed by atoms with van der Waals surface area (Å²) in [5, 5.41) is 26.6. The molecule has 276 valence electrons. The third kappa shape index (κ3) is 9.43. The topological polar surface area (TPSA) is 120 Å². The Kier molecular flexibility index (Phi) is 11.8. The Hall–Kier alpha value is -4.86. The SMILES string of the molecule is Cc1c(Cn2cc(COc3ccc(Br)cc3)nn2)c(C)c(Cn2cc(COc3ccc(Br)cc3)nn2)c(C)c1Cn1cc(COc2ccc(Br)cc2)nn1. The van der Waals surface area contributed by atoms with Crippen molar-refractivity contribution in [1.82, 2.24) is 45.0 Å². The fourth-order valence-electron chi connectivity index (χ4n) is 6.10. The highest BCUT2D eigenvalue weighted by molar-refractivity contribution is 9.11. The van der Waals surface area contributed by atoms with E-state index >= 15 is 0 Å². The van der Waals surface area contributed by atoms with Gasteiger partial charge in [0.2, 0.25) is 0 Å². The fraction of sp³-hybridized carbons (Fsp3) is 0.231. The number of ether oxygens (including phenoxy) is 3. The summed E-state index contributed by atoms with van der Waals surface area (Å²) in [5.74, 6) is 2.29. The van der Waals surface area contributed by atoms with Crippen molar-refractivity contribution in [3.63, 3.8) is 0 Å². The van der Waals surface area contributed by atoms with Crippen molar-refractivity contribution in [1.29, 1.82) is 0 Å². The van der Waals surface area contributed by atoms with Gasteiger partial charge in [0.15, 0.2) is 0 Å². The number of nitrogens with zero attached hydrogens (tertiary/aromatic N) is 9. The third-order valence-electron chi connectivity index (χ3n) is 9.04. The number of aromatic nitrogens is 9. The van der Waals surface area contributed by atoms with Gasteiger partial charge in [0.25, 0.3) is 0 Å². The largest absolute Gasteiger partial charge is 0.487 e. The van der Waals surface area contributed by atoms with Crippen LogP contribution in [0.4, 0.5) is 0 Å². The van der Waals surface area contributed by atoms with E-state index in [1.54, 1.807) is 0 Å². The first-order chi connectivity index (χ1) is 26.2. The maximum absolute atomic E-state index is 5.95. The molecule has 0 aliphatic carbocycles. The Morgan fingerprint density at radius 3 is 0.944 bits per heavy atom. The minimum atomic E-state index is 0.310. The van der Waals surface area contributed by atoms with E-state index < -0.39 is 0 Å². The molecule has 3 aromatic heterocycles. The first-order valence-electron chi connectivity index (χ1n) is 17.1. The molecule has 7 aromatic rings. The second-order valence-corrected chi connectivity index (χ2v) is 15.5. The van der Waals surface area contributed by atoms with Gasteiger partial charge in [0.1, 0.15) is 54.2 Å². The fourth-order valence-corrected chi connectivity index (χ4v) is 6.89. The highest BCUT2D eigenvalue weighted by Gasteiger charge is 2.20. The average Bonchev–Trinajstić information content (AvgIpc) is 3.95. The van der Waals surface area contributed by atoms with Crippen molar-refractivity contribution in [3.8, 4) is 17.2 Å². The first kappa shape index (κ1) is 37.5. The van der Waals surface area contributed by atoms with E-state index in [1.165, 1.54) is 0 Å². The van der Waals surface area contributed by atoms with Gasteiger partial charge in [0.05, 0.1) is 38.2 Å². The molecule has 0 atom stereocenters. The molecular formula is C39H36Br3N9O3. The molecule has 0 spiro atoms. The molecule has 7 rings (SSSR count). The Labute approximate surface area is 337 Å². The lowest BCUT2D eigenvalue weighted by Gasteiger charge is -2.22. The smallest absolute Gasteiger partial charge is 0.134 e. The summed E-state index contributed by atoms with van der Waals surface area (Å²) in [4.78, 5) is 0. The molecule has 0 radical (unpaired) electrons. The van der Waals surface area contributed by atoms with E-state index in [-0.39, 0.29) is 0 Å². The van der Waals surface area contributed by atoms with Crippen LogP contribution in [-0.4, -0.2) is 45.0 Å². The van der Waals surface area contributed by atoms with Crippen LogP contribution in [0, 0.1) is 20.8 Å². The van der Waals surface area contributed by atoms with Gasteiger partial charge in [-0.05, 0) is 127 Å². The number of halogens is 3. The monoisotopic (exact) mass is 915 g/mol. The Morgan fingerprint density at radius 2 is 0.685 bits per heavy atom. The summed E-state index contributed by atoms with van der Waals surface area (Å²) >= 11 is 10.4. The first-order valence-corrected chi connectivity index (χ1v) is 19.5. The predicted molar refractivity (Wildman–Crippen MR) is 213 cm³/mol. The molecular weight excluding hydrogens is 882 g/mol. The van der Waals surface area contributed by atoms with E-state index in [0.29, 0.717) is 39.5 Å². The minimum absolute atomic E-state index is 0.310.